The molecule has 0 fully saturated rings. The van der Waals surface area contributed by atoms with E-state index in [0.29, 0.717) is 18.0 Å². The van der Waals surface area contributed by atoms with Crippen molar-refractivity contribution in [2.24, 2.45) is 0 Å². The van der Waals surface area contributed by atoms with Gasteiger partial charge in [0.1, 0.15) is 10.8 Å². The zero-order valence-electron chi connectivity index (χ0n) is 13.2. The van der Waals surface area contributed by atoms with Crippen molar-refractivity contribution in [1.82, 2.24) is 10.2 Å². The van der Waals surface area contributed by atoms with Crippen molar-refractivity contribution in [1.29, 1.82) is 0 Å². The highest BCUT2D eigenvalue weighted by atomic mass is 32.1. The Balaban J connectivity index is 1.58. The van der Waals surface area contributed by atoms with Crippen LogP contribution in [0.15, 0.2) is 54.6 Å². The lowest BCUT2D eigenvalue weighted by molar-refractivity contribution is -0.116. The third kappa shape index (κ3) is 4.17. The summed E-state index contributed by atoms with van der Waals surface area (Å²) in [6, 6.07) is 17.5. The van der Waals surface area contributed by atoms with Gasteiger partial charge in [-0.15, -0.1) is 10.2 Å². The molecule has 0 aliphatic rings. The van der Waals surface area contributed by atoms with Crippen LogP contribution in [0.3, 0.4) is 0 Å². The molecule has 3 rings (SSSR count). The molecule has 1 aromatic heterocycles. The van der Waals surface area contributed by atoms with Crippen molar-refractivity contribution in [2.75, 3.05) is 12.4 Å². The van der Waals surface area contributed by atoms with Gasteiger partial charge in [-0.1, -0.05) is 41.7 Å². The van der Waals surface area contributed by atoms with E-state index in [1.807, 2.05) is 54.6 Å². The molecule has 0 saturated heterocycles. The maximum absolute atomic E-state index is 12.0. The number of hydrogen-bond acceptors (Lipinski definition) is 5. The van der Waals surface area contributed by atoms with Crippen LogP contribution in [-0.2, 0) is 11.2 Å². The Bertz CT molecular complexity index is 801. The van der Waals surface area contributed by atoms with Gasteiger partial charge in [-0.25, -0.2) is 0 Å². The number of methoxy groups -OCH3 is 1. The normalized spacial score (nSPS) is 10.4. The molecule has 3 aromatic rings. The fourth-order valence-corrected chi connectivity index (χ4v) is 2.97. The van der Waals surface area contributed by atoms with Crippen LogP contribution in [0.4, 0.5) is 5.13 Å². The molecule has 0 radical (unpaired) electrons. The van der Waals surface area contributed by atoms with Crippen LogP contribution < -0.4 is 10.1 Å². The summed E-state index contributed by atoms with van der Waals surface area (Å²) in [5.74, 6) is 0.731. The van der Waals surface area contributed by atoms with Crippen LogP contribution in [0.5, 0.6) is 5.75 Å². The molecular formula is C18H17N3O2S. The van der Waals surface area contributed by atoms with Crippen molar-refractivity contribution < 1.29 is 9.53 Å². The minimum Gasteiger partial charge on any atom is -0.497 e. The van der Waals surface area contributed by atoms with Crippen LogP contribution >= 0.6 is 11.3 Å². The lowest BCUT2D eigenvalue weighted by Gasteiger charge is -2.01. The van der Waals surface area contributed by atoms with Crippen molar-refractivity contribution >= 4 is 22.4 Å². The van der Waals surface area contributed by atoms with E-state index in [0.717, 1.165) is 21.9 Å². The Morgan fingerprint density at radius 2 is 1.83 bits per heavy atom. The third-order valence-corrected chi connectivity index (χ3v) is 4.38. The van der Waals surface area contributed by atoms with Crippen molar-refractivity contribution in [3.05, 3.63) is 60.2 Å². The van der Waals surface area contributed by atoms with E-state index >= 15 is 0 Å². The summed E-state index contributed by atoms with van der Waals surface area (Å²) >= 11 is 1.35. The number of nitrogens with one attached hydrogen (secondary N) is 1. The predicted octanol–water partition coefficient (Wildman–Crippen LogP) is 3.79. The first-order valence-corrected chi connectivity index (χ1v) is 8.38. The van der Waals surface area contributed by atoms with Crippen LogP contribution in [0.1, 0.15) is 12.0 Å². The first-order valence-electron chi connectivity index (χ1n) is 7.56. The van der Waals surface area contributed by atoms with Crippen LogP contribution in [0, 0.1) is 0 Å². The Hall–Kier alpha value is -2.73. The average Bonchev–Trinajstić information content (AvgIpc) is 3.09. The van der Waals surface area contributed by atoms with Gasteiger partial charge in [0.05, 0.1) is 7.11 Å². The standard InChI is InChI=1S/C18H17N3O2S/c1-23-15-10-8-14(9-11-15)17-20-21-18(24-17)19-16(22)12-7-13-5-3-2-4-6-13/h2-6,8-11H,7,12H2,1H3,(H,19,21,22). The second-order valence-corrected chi connectivity index (χ2v) is 6.15. The number of hydrogen-bond donors (Lipinski definition) is 1. The van der Waals surface area contributed by atoms with Crippen molar-refractivity contribution in [3.63, 3.8) is 0 Å². The van der Waals surface area contributed by atoms with E-state index in [9.17, 15) is 4.79 Å². The number of carbonyl (C=O) groups is 1. The molecule has 0 saturated carbocycles. The number of anilines is 1. The van der Waals surface area contributed by atoms with E-state index in [1.54, 1.807) is 7.11 Å². The zero-order valence-corrected chi connectivity index (χ0v) is 14.0. The van der Waals surface area contributed by atoms with Gasteiger partial charge in [0.15, 0.2) is 0 Å². The fourth-order valence-electron chi connectivity index (χ4n) is 2.21. The Morgan fingerprint density at radius 3 is 2.54 bits per heavy atom. The zero-order chi connectivity index (χ0) is 16.8. The maximum atomic E-state index is 12.0. The van der Waals surface area contributed by atoms with E-state index in [1.165, 1.54) is 11.3 Å². The smallest absolute Gasteiger partial charge is 0.226 e. The number of carbonyl (C=O) groups excluding carboxylic acids is 1. The van der Waals surface area contributed by atoms with E-state index in [4.69, 9.17) is 4.74 Å². The first-order chi connectivity index (χ1) is 11.7. The van der Waals surface area contributed by atoms with Gasteiger partial charge in [-0.3, -0.25) is 4.79 Å². The number of benzene rings is 2. The highest BCUT2D eigenvalue weighted by molar-refractivity contribution is 7.18. The van der Waals surface area contributed by atoms with Gasteiger partial charge in [-0.05, 0) is 36.2 Å². The fraction of sp³-hybridized carbons (Fsp3) is 0.167. The molecule has 24 heavy (non-hydrogen) atoms. The molecule has 0 atom stereocenters. The van der Waals surface area contributed by atoms with Gasteiger partial charge in [-0.2, -0.15) is 0 Å². The predicted molar refractivity (Wildman–Crippen MR) is 95.3 cm³/mol. The number of amides is 1. The van der Waals surface area contributed by atoms with E-state index in [-0.39, 0.29) is 5.91 Å². The van der Waals surface area contributed by atoms with Gasteiger partial charge in [0.2, 0.25) is 11.0 Å². The highest BCUT2D eigenvalue weighted by Crippen LogP contribution is 2.27. The third-order valence-electron chi connectivity index (χ3n) is 3.49. The quantitative estimate of drug-likeness (QED) is 0.742. The summed E-state index contributed by atoms with van der Waals surface area (Å²) in [5.41, 5.74) is 2.09. The number of rotatable bonds is 6. The van der Waals surface area contributed by atoms with Gasteiger partial charge in [0, 0.05) is 12.0 Å². The summed E-state index contributed by atoms with van der Waals surface area (Å²) < 4.78 is 5.14. The highest BCUT2D eigenvalue weighted by Gasteiger charge is 2.10. The Morgan fingerprint density at radius 1 is 1.08 bits per heavy atom. The summed E-state index contributed by atoms with van der Waals surface area (Å²) in [4.78, 5) is 12.0. The SMILES string of the molecule is COc1ccc(-c2nnc(NC(=O)CCc3ccccc3)s2)cc1. The number of aryl methyl sites for hydroxylation is 1. The van der Waals surface area contributed by atoms with Crippen molar-refractivity contribution in [3.8, 4) is 16.3 Å². The summed E-state index contributed by atoms with van der Waals surface area (Å²) in [6.45, 7) is 0. The molecule has 0 spiro atoms. The molecular weight excluding hydrogens is 322 g/mol. The lowest BCUT2D eigenvalue weighted by Crippen LogP contribution is -2.12. The molecule has 0 unspecified atom stereocenters. The molecule has 2 aromatic carbocycles. The molecule has 5 nitrogen and oxygen atoms in total. The van der Waals surface area contributed by atoms with E-state index in [2.05, 4.69) is 15.5 Å². The van der Waals surface area contributed by atoms with Gasteiger partial charge in [0.25, 0.3) is 0 Å². The molecule has 6 heteroatoms. The number of aromatic nitrogens is 2. The first kappa shape index (κ1) is 16.1. The van der Waals surface area contributed by atoms with Gasteiger partial charge < -0.3 is 10.1 Å². The van der Waals surface area contributed by atoms with Gasteiger partial charge >= 0.3 is 0 Å². The van der Waals surface area contributed by atoms with Crippen molar-refractivity contribution in [2.45, 2.75) is 12.8 Å². The molecule has 1 heterocycles. The number of ether oxygens (including phenoxy) is 1. The summed E-state index contributed by atoms with van der Waals surface area (Å²) in [7, 11) is 1.63. The van der Waals surface area contributed by atoms with Crippen LogP contribution in [-0.4, -0.2) is 23.2 Å². The molecule has 1 amide bonds. The second kappa shape index (κ2) is 7.70. The Labute approximate surface area is 144 Å². The van der Waals surface area contributed by atoms with Crippen LogP contribution in [0.2, 0.25) is 0 Å². The molecule has 0 bridgehead atoms. The Kier molecular flexibility index (Phi) is 5.18. The van der Waals surface area contributed by atoms with E-state index < -0.39 is 0 Å². The topological polar surface area (TPSA) is 64.1 Å². The molecule has 0 aliphatic carbocycles. The average molecular weight is 339 g/mol. The molecule has 122 valence electrons. The second-order valence-electron chi connectivity index (χ2n) is 5.17. The minimum atomic E-state index is -0.0590. The molecule has 0 aliphatic heterocycles. The molecule has 1 N–H and O–H groups in total. The lowest BCUT2D eigenvalue weighted by atomic mass is 10.1. The largest absolute Gasteiger partial charge is 0.497 e. The maximum Gasteiger partial charge on any atom is 0.226 e. The minimum absolute atomic E-state index is 0.0590. The van der Waals surface area contributed by atoms with Crippen LogP contribution in [0.25, 0.3) is 10.6 Å². The summed E-state index contributed by atoms with van der Waals surface area (Å²) in [6.07, 6.45) is 1.12. The number of nitrogens with zero attached hydrogens (tertiary/aromatic N) is 2. The monoisotopic (exact) mass is 339 g/mol. The summed E-state index contributed by atoms with van der Waals surface area (Å²) in [5, 5.41) is 12.2.